The van der Waals surface area contributed by atoms with Gasteiger partial charge in [-0.25, -0.2) is 0 Å². The smallest absolute Gasteiger partial charge is 0.422 e. The van der Waals surface area contributed by atoms with Crippen molar-refractivity contribution in [3.63, 3.8) is 0 Å². The number of piperazine rings is 1. The highest BCUT2D eigenvalue weighted by Crippen LogP contribution is 2.27. The van der Waals surface area contributed by atoms with Gasteiger partial charge < -0.3 is 14.5 Å². The molecule has 0 radical (unpaired) electrons. The SMILES string of the molecule is O=C(c1cc(OCC(F)(F)F)ccc1[N+](=O)[O-])N1CCN(c2ccccc2)CC1. The van der Waals surface area contributed by atoms with Crippen molar-refractivity contribution in [3.8, 4) is 5.75 Å². The first kappa shape index (κ1) is 20.4. The fourth-order valence-electron chi connectivity index (χ4n) is 3.08. The van der Waals surface area contributed by atoms with Gasteiger partial charge in [0.2, 0.25) is 0 Å². The molecule has 2 aromatic rings. The molecule has 1 aliphatic rings. The van der Waals surface area contributed by atoms with Crippen LogP contribution in [0.3, 0.4) is 0 Å². The van der Waals surface area contributed by atoms with Crippen LogP contribution in [-0.2, 0) is 0 Å². The third kappa shape index (κ3) is 5.15. The second-order valence-electron chi connectivity index (χ2n) is 6.45. The Morgan fingerprint density at radius 2 is 1.72 bits per heavy atom. The number of hydrogen-bond acceptors (Lipinski definition) is 5. The Kier molecular flexibility index (Phi) is 5.90. The van der Waals surface area contributed by atoms with Crippen LogP contribution in [0.15, 0.2) is 48.5 Å². The predicted octanol–water partition coefficient (Wildman–Crippen LogP) is 3.50. The van der Waals surface area contributed by atoms with E-state index in [1.807, 2.05) is 30.3 Å². The highest BCUT2D eigenvalue weighted by atomic mass is 19.4. The Morgan fingerprint density at radius 3 is 2.31 bits per heavy atom. The lowest BCUT2D eigenvalue weighted by atomic mass is 10.1. The monoisotopic (exact) mass is 409 g/mol. The fraction of sp³-hybridized carbons (Fsp3) is 0.316. The minimum Gasteiger partial charge on any atom is -0.484 e. The van der Waals surface area contributed by atoms with Crippen molar-refractivity contribution in [2.45, 2.75) is 6.18 Å². The van der Waals surface area contributed by atoms with Crippen LogP contribution < -0.4 is 9.64 Å². The predicted molar refractivity (Wildman–Crippen MR) is 99.2 cm³/mol. The number of alkyl halides is 3. The minimum absolute atomic E-state index is 0.251. The molecule has 0 unspecified atom stereocenters. The minimum atomic E-state index is -4.56. The standard InChI is InChI=1S/C19H18F3N3O4/c20-19(21,22)13-29-15-6-7-17(25(27)28)16(12-15)18(26)24-10-8-23(9-11-24)14-4-2-1-3-5-14/h1-7,12H,8-11,13H2. The Balaban J connectivity index is 1.74. The number of nitro groups is 1. The lowest BCUT2D eigenvalue weighted by Gasteiger charge is -2.36. The van der Waals surface area contributed by atoms with Crippen molar-refractivity contribution in [1.29, 1.82) is 0 Å². The molecule has 3 rings (SSSR count). The van der Waals surface area contributed by atoms with E-state index in [0.29, 0.717) is 26.2 Å². The van der Waals surface area contributed by atoms with Crippen molar-refractivity contribution in [3.05, 3.63) is 64.2 Å². The highest BCUT2D eigenvalue weighted by Gasteiger charge is 2.31. The highest BCUT2D eigenvalue weighted by molar-refractivity contribution is 5.98. The number of carbonyl (C=O) groups excluding carboxylic acids is 1. The van der Waals surface area contributed by atoms with Crippen LogP contribution in [0.25, 0.3) is 0 Å². The zero-order valence-electron chi connectivity index (χ0n) is 15.3. The molecule has 0 aromatic heterocycles. The number of para-hydroxylation sites is 1. The summed E-state index contributed by atoms with van der Waals surface area (Å²) in [5.41, 5.74) is 0.246. The summed E-state index contributed by atoms with van der Waals surface area (Å²) >= 11 is 0. The van der Waals surface area contributed by atoms with Crippen LogP contribution in [0.1, 0.15) is 10.4 Å². The topological polar surface area (TPSA) is 75.9 Å². The van der Waals surface area contributed by atoms with E-state index in [4.69, 9.17) is 0 Å². The Labute approximate surface area is 164 Å². The van der Waals surface area contributed by atoms with Gasteiger partial charge >= 0.3 is 6.18 Å². The van der Waals surface area contributed by atoms with E-state index in [1.54, 1.807) is 0 Å². The van der Waals surface area contributed by atoms with Crippen molar-refractivity contribution >= 4 is 17.3 Å². The third-order valence-electron chi connectivity index (χ3n) is 4.49. The molecule has 0 atom stereocenters. The number of anilines is 1. The van der Waals surface area contributed by atoms with E-state index in [9.17, 15) is 28.1 Å². The normalized spacial score (nSPS) is 14.6. The van der Waals surface area contributed by atoms with E-state index in [2.05, 4.69) is 9.64 Å². The van der Waals surface area contributed by atoms with Gasteiger partial charge in [0, 0.05) is 37.9 Å². The molecule has 0 N–H and O–H groups in total. The van der Waals surface area contributed by atoms with Crippen molar-refractivity contribution < 1.29 is 27.6 Å². The number of nitrogens with zero attached hydrogens (tertiary/aromatic N) is 3. The summed E-state index contributed by atoms with van der Waals surface area (Å²) in [6, 6.07) is 12.6. The van der Waals surface area contributed by atoms with Gasteiger partial charge in [0.05, 0.1) is 4.92 Å². The maximum Gasteiger partial charge on any atom is 0.422 e. The number of benzene rings is 2. The quantitative estimate of drug-likeness (QED) is 0.558. The summed E-state index contributed by atoms with van der Waals surface area (Å²) in [7, 11) is 0. The molecule has 7 nitrogen and oxygen atoms in total. The first-order chi connectivity index (χ1) is 13.7. The number of rotatable bonds is 5. The largest absolute Gasteiger partial charge is 0.484 e. The zero-order chi connectivity index (χ0) is 21.0. The molecule has 10 heteroatoms. The maximum atomic E-state index is 12.8. The van der Waals surface area contributed by atoms with Gasteiger partial charge in [0.15, 0.2) is 6.61 Å². The van der Waals surface area contributed by atoms with Crippen LogP contribution in [0.4, 0.5) is 24.5 Å². The van der Waals surface area contributed by atoms with Gasteiger partial charge in [0.1, 0.15) is 11.3 Å². The van der Waals surface area contributed by atoms with Gasteiger partial charge in [-0.1, -0.05) is 18.2 Å². The molecule has 0 aliphatic carbocycles. The van der Waals surface area contributed by atoms with Crippen molar-refractivity contribution in [2.75, 3.05) is 37.7 Å². The van der Waals surface area contributed by atoms with Crippen LogP contribution in [0, 0.1) is 10.1 Å². The summed E-state index contributed by atoms with van der Waals surface area (Å²) in [5.74, 6) is -0.860. The van der Waals surface area contributed by atoms with E-state index >= 15 is 0 Å². The average Bonchev–Trinajstić information content (AvgIpc) is 2.71. The zero-order valence-corrected chi connectivity index (χ0v) is 15.3. The van der Waals surface area contributed by atoms with E-state index in [0.717, 1.165) is 23.9 Å². The summed E-state index contributed by atoms with van der Waals surface area (Å²) in [6.45, 7) is 0.187. The lowest BCUT2D eigenvalue weighted by Crippen LogP contribution is -2.48. The fourth-order valence-corrected chi connectivity index (χ4v) is 3.08. The molecule has 0 spiro atoms. The van der Waals surface area contributed by atoms with Crippen LogP contribution >= 0.6 is 0 Å². The van der Waals surface area contributed by atoms with Gasteiger partial charge in [-0.15, -0.1) is 0 Å². The van der Waals surface area contributed by atoms with E-state index in [-0.39, 0.29) is 11.3 Å². The summed E-state index contributed by atoms with van der Waals surface area (Å²) in [4.78, 5) is 26.9. The number of ether oxygens (including phenoxy) is 1. The molecule has 1 amide bonds. The van der Waals surface area contributed by atoms with Gasteiger partial charge in [-0.05, 0) is 24.3 Å². The molecular formula is C19H18F3N3O4. The number of hydrogen-bond donors (Lipinski definition) is 0. The van der Waals surface area contributed by atoms with E-state index in [1.165, 1.54) is 4.90 Å². The number of nitro benzene ring substituents is 1. The average molecular weight is 409 g/mol. The molecule has 1 fully saturated rings. The molecule has 1 saturated heterocycles. The molecular weight excluding hydrogens is 391 g/mol. The van der Waals surface area contributed by atoms with Crippen LogP contribution in [0.5, 0.6) is 5.75 Å². The second kappa shape index (κ2) is 8.38. The molecule has 1 heterocycles. The maximum absolute atomic E-state index is 12.8. The van der Waals surface area contributed by atoms with E-state index < -0.39 is 29.3 Å². The molecule has 0 bridgehead atoms. The Bertz CT molecular complexity index is 882. The van der Waals surface area contributed by atoms with Gasteiger partial charge in [-0.3, -0.25) is 14.9 Å². The Hall–Kier alpha value is -3.30. The third-order valence-corrected chi connectivity index (χ3v) is 4.49. The number of amides is 1. The number of halogens is 3. The molecule has 154 valence electrons. The van der Waals surface area contributed by atoms with Gasteiger partial charge in [-0.2, -0.15) is 13.2 Å². The summed E-state index contributed by atoms with van der Waals surface area (Å²) < 4.78 is 41.7. The summed E-state index contributed by atoms with van der Waals surface area (Å²) in [5, 5.41) is 11.3. The number of carbonyl (C=O) groups is 1. The lowest BCUT2D eigenvalue weighted by molar-refractivity contribution is -0.385. The van der Waals surface area contributed by atoms with Crippen LogP contribution in [0.2, 0.25) is 0 Å². The second-order valence-corrected chi connectivity index (χ2v) is 6.45. The van der Waals surface area contributed by atoms with Gasteiger partial charge in [0.25, 0.3) is 11.6 Å². The molecule has 1 aliphatic heterocycles. The molecule has 29 heavy (non-hydrogen) atoms. The molecule has 2 aromatic carbocycles. The van der Waals surface area contributed by atoms with Crippen molar-refractivity contribution in [2.24, 2.45) is 0 Å². The summed E-state index contributed by atoms with van der Waals surface area (Å²) in [6.07, 6.45) is -4.56. The van der Waals surface area contributed by atoms with Crippen LogP contribution in [-0.4, -0.2) is 54.7 Å². The first-order valence-electron chi connectivity index (χ1n) is 8.82. The Morgan fingerprint density at radius 1 is 1.07 bits per heavy atom. The van der Waals surface area contributed by atoms with Crippen molar-refractivity contribution in [1.82, 2.24) is 4.90 Å². The molecule has 0 saturated carbocycles. The first-order valence-corrected chi connectivity index (χ1v) is 8.82.